The number of rotatable bonds is 4. The summed E-state index contributed by atoms with van der Waals surface area (Å²) in [7, 11) is 0. The first-order valence-electron chi connectivity index (χ1n) is 7.04. The second-order valence-corrected chi connectivity index (χ2v) is 5.44. The highest BCUT2D eigenvalue weighted by molar-refractivity contribution is 5.99. The molecule has 0 spiro atoms. The third-order valence-corrected chi connectivity index (χ3v) is 3.91. The highest BCUT2D eigenvalue weighted by Gasteiger charge is 2.27. The minimum Gasteiger partial charge on any atom is -0.409 e. The van der Waals surface area contributed by atoms with Crippen molar-refractivity contribution in [3.8, 4) is 0 Å². The van der Waals surface area contributed by atoms with E-state index in [0.717, 1.165) is 32.1 Å². The molecule has 2 fully saturated rings. The van der Waals surface area contributed by atoms with Crippen molar-refractivity contribution in [3.05, 3.63) is 18.1 Å². The van der Waals surface area contributed by atoms with E-state index < -0.39 is 0 Å². The van der Waals surface area contributed by atoms with Gasteiger partial charge in [0.25, 0.3) is 0 Å². The van der Waals surface area contributed by atoms with E-state index in [-0.39, 0.29) is 5.84 Å². The average molecular weight is 276 g/mol. The van der Waals surface area contributed by atoms with Gasteiger partial charge < -0.3 is 15.8 Å². The molecular weight excluding hydrogens is 256 g/mol. The zero-order valence-corrected chi connectivity index (χ0v) is 11.4. The van der Waals surface area contributed by atoms with Crippen LogP contribution in [0.5, 0.6) is 0 Å². The summed E-state index contributed by atoms with van der Waals surface area (Å²) in [5.41, 5.74) is 6.11. The first-order chi connectivity index (χ1) is 9.78. The lowest BCUT2D eigenvalue weighted by Crippen LogP contribution is -2.47. The van der Waals surface area contributed by atoms with Crippen LogP contribution in [0.25, 0.3) is 0 Å². The number of nitrogens with zero attached hydrogens (tertiary/aromatic N) is 5. The van der Waals surface area contributed by atoms with Gasteiger partial charge in [0, 0.05) is 45.1 Å². The second kappa shape index (κ2) is 5.62. The van der Waals surface area contributed by atoms with E-state index in [1.54, 1.807) is 12.4 Å². The molecule has 2 heterocycles. The number of piperazine rings is 1. The van der Waals surface area contributed by atoms with Crippen molar-refractivity contribution < 1.29 is 5.21 Å². The van der Waals surface area contributed by atoms with E-state index in [4.69, 9.17) is 10.9 Å². The third kappa shape index (κ3) is 2.82. The summed E-state index contributed by atoms with van der Waals surface area (Å²) in [6.07, 6.45) is 5.97. The van der Waals surface area contributed by atoms with Crippen molar-refractivity contribution in [2.24, 2.45) is 16.8 Å². The van der Waals surface area contributed by atoms with Crippen LogP contribution >= 0.6 is 0 Å². The van der Waals surface area contributed by atoms with E-state index >= 15 is 0 Å². The molecule has 2 aliphatic rings. The van der Waals surface area contributed by atoms with Gasteiger partial charge in [-0.3, -0.25) is 4.90 Å². The van der Waals surface area contributed by atoms with Gasteiger partial charge >= 0.3 is 0 Å². The number of hydrogen-bond donors (Lipinski definition) is 2. The van der Waals surface area contributed by atoms with Crippen LogP contribution in [0.3, 0.4) is 0 Å². The van der Waals surface area contributed by atoms with Crippen LogP contribution in [0.1, 0.15) is 18.5 Å². The van der Waals surface area contributed by atoms with Crippen LogP contribution in [0.2, 0.25) is 0 Å². The molecule has 7 heteroatoms. The van der Waals surface area contributed by atoms with Crippen molar-refractivity contribution in [3.63, 3.8) is 0 Å². The molecule has 1 aromatic heterocycles. The molecule has 0 unspecified atom stereocenters. The Kier molecular flexibility index (Phi) is 3.68. The predicted molar refractivity (Wildman–Crippen MR) is 75.9 cm³/mol. The fourth-order valence-electron chi connectivity index (χ4n) is 2.60. The highest BCUT2D eigenvalue weighted by Crippen LogP contribution is 2.30. The third-order valence-electron chi connectivity index (χ3n) is 3.91. The van der Waals surface area contributed by atoms with Crippen LogP contribution in [-0.2, 0) is 0 Å². The molecule has 7 nitrogen and oxygen atoms in total. The van der Waals surface area contributed by atoms with Gasteiger partial charge in [-0.1, -0.05) is 5.16 Å². The Labute approximate surface area is 118 Å². The number of oxime groups is 1. The Morgan fingerprint density at radius 1 is 1.25 bits per heavy atom. The molecule has 108 valence electrons. The number of anilines is 1. The molecule has 20 heavy (non-hydrogen) atoms. The zero-order valence-electron chi connectivity index (χ0n) is 11.4. The largest absolute Gasteiger partial charge is 0.409 e. The molecule has 1 aliphatic carbocycles. The maximum absolute atomic E-state index is 8.83. The van der Waals surface area contributed by atoms with Gasteiger partial charge in [-0.15, -0.1) is 0 Å². The maximum atomic E-state index is 8.83. The monoisotopic (exact) mass is 276 g/mol. The number of hydrogen-bond acceptors (Lipinski definition) is 6. The zero-order chi connectivity index (χ0) is 13.9. The van der Waals surface area contributed by atoms with Crippen LogP contribution in [0, 0.1) is 5.92 Å². The lowest BCUT2D eigenvalue weighted by Gasteiger charge is -2.35. The van der Waals surface area contributed by atoms with E-state index in [1.807, 2.05) is 0 Å². The number of amidine groups is 1. The van der Waals surface area contributed by atoms with Gasteiger partial charge in [0.15, 0.2) is 17.3 Å². The highest BCUT2D eigenvalue weighted by atomic mass is 16.4. The molecule has 1 saturated carbocycles. The van der Waals surface area contributed by atoms with Gasteiger partial charge in [0.2, 0.25) is 0 Å². The number of nitrogens with two attached hydrogens (primary N) is 1. The summed E-state index contributed by atoms with van der Waals surface area (Å²) < 4.78 is 0. The van der Waals surface area contributed by atoms with E-state index in [1.165, 1.54) is 19.4 Å². The predicted octanol–water partition coefficient (Wildman–Crippen LogP) is 0.103. The summed E-state index contributed by atoms with van der Waals surface area (Å²) >= 11 is 0. The summed E-state index contributed by atoms with van der Waals surface area (Å²) in [4.78, 5) is 13.2. The molecule has 1 saturated heterocycles. The van der Waals surface area contributed by atoms with Crippen molar-refractivity contribution in [2.75, 3.05) is 37.6 Å². The Hall–Kier alpha value is -1.89. The van der Waals surface area contributed by atoms with Crippen LogP contribution in [0.15, 0.2) is 17.5 Å². The van der Waals surface area contributed by atoms with E-state index in [2.05, 4.69) is 24.9 Å². The van der Waals surface area contributed by atoms with Gasteiger partial charge in [-0.05, 0) is 18.8 Å². The van der Waals surface area contributed by atoms with Crippen LogP contribution in [0.4, 0.5) is 5.82 Å². The molecule has 1 aromatic rings. The molecule has 0 atom stereocenters. The molecule has 0 bridgehead atoms. The summed E-state index contributed by atoms with van der Waals surface area (Å²) in [5, 5.41) is 11.9. The molecular formula is C13H20N6O. The first-order valence-corrected chi connectivity index (χ1v) is 7.04. The molecule has 0 aromatic carbocycles. The van der Waals surface area contributed by atoms with Gasteiger partial charge in [0.05, 0.1) is 0 Å². The Balaban J connectivity index is 1.68. The molecule has 1 aliphatic heterocycles. The maximum Gasteiger partial charge on any atom is 0.192 e. The first kappa shape index (κ1) is 13.1. The molecule has 3 rings (SSSR count). The smallest absolute Gasteiger partial charge is 0.192 e. The summed E-state index contributed by atoms with van der Waals surface area (Å²) in [6, 6.07) is 0. The lowest BCUT2D eigenvalue weighted by atomic mass is 10.2. The molecule has 0 amide bonds. The van der Waals surface area contributed by atoms with E-state index in [0.29, 0.717) is 11.5 Å². The second-order valence-electron chi connectivity index (χ2n) is 5.44. The quantitative estimate of drug-likeness (QED) is 0.351. The van der Waals surface area contributed by atoms with Crippen LogP contribution in [-0.4, -0.2) is 58.6 Å². The topological polar surface area (TPSA) is 90.9 Å². The van der Waals surface area contributed by atoms with E-state index in [9.17, 15) is 0 Å². The SMILES string of the molecule is NC(=NO)c1nccnc1N1CCN(CC2CC2)CC1. The van der Waals surface area contributed by atoms with Crippen molar-refractivity contribution in [1.82, 2.24) is 14.9 Å². The minimum atomic E-state index is 0.00788. The van der Waals surface area contributed by atoms with Crippen molar-refractivity contribution >= 4 is 11.7 Å². The Morgan fingerprint density at radius 2 is 1.95 bits per heavy atom. The fraction of sp³-hybridized carbons (Fsp3) is 0.615. The molecule has 0 radical (unpaired) electrons. The summed E-state index contributed by atoms with van der Waals surface area (Å²) in [6.45, 7) is 5.08. The van der Waals surface area contributed by atoms with Gasteiger partial charge in [-0.2, -0.15) is 0 Å². The normalized spacial score (nSPS) is 21.2. The van der Waals surface area contributed by atoms with Gasteiger partial charge in [-0.25, -0.2) is 9.97 Å². The van der Waals surface area contributed by atoms with Gasteiger partial charge in [0.1, 0.15) is 0 Å². The van der Waals surface area contributed by atoms with Crippen molar-refractivity contribution in [1.29, 1.82) is 0 Å². The number of aromatic nitrogens is 2. The van der Waals surface area contributed by atoms with Crippen LogP contribution < -0.4 is 10.6 Å². The lowest BCUT2D eigenvalue weighted by molar-refractivity contribution is 0.247. The summed E-state index contributed by atoms with van der Waals surface area (Å²) in [5.74, 6) is 1.63. The average Bonchev–Trinajstić information content (AvgIpc) is 3.31. The van der Waals surface area contributed by atoms with Crippen molar-refractivity contribution in [2.45, 2.75) is 12.8 Å². The minimum absolute atomic E-state index is 0.00788. The Morgan fingerprint density at radius 3 is 2.60 bits per heavy atom. The standard InChI is InChI=1S/C13H20N6O/c14-12(17-20)11-13(16-4-3-15-11)19-7-5-18(6-8-19)9-10-1-2-10/h3-4,10,20H,1-2,5-9H2,(H2,14,17). The fourth-order valence-corrected chi connectivity index (χ4v) is 2.60. The Bertz CT molecular complexity index is 493. The molecule has 3 N–H and O–H groups in total.